The molecule has 0 aromatic carbocycles. The maximum absolute atomic E-state index is 11.3. The summed E-state index contributed by atoms with van der Waals surface area (Å²) in [4.78, 5) is 22.2. The van der Waals surface area contributed by atoms with Gasteiger partial charge in [-0.2, -0.15) is 11.8 Å². The summed E-state index contributed by atoms with van der Waals surface area (Å²) in [5.74, 6) is 0.593. The number of methoxy groups -OCH3 is 1. The molecule has 0 rings (SSSR count). The monoisotopic (exact) mass is 247 g/mol. The lowest BCUT2D eigenvalue weighted by Gasteiger charge is -2.11. The Hall–Kier alpha value is -0.710. The van der Waals surface area contributed by atoms with Crippen LogP contribution in [0.15, 0.2) is 0 Å². The molecular weight excluding hydrogens is 226 g/mol. The standard InChI is InChI=1S/C11H21NO3S/c1-8(2)12-10(13)5-6-16-9(3)7-11(14)15-4/h8-9H,5-7H2,1-4H3,(H,12,13). The predicted molar refractivity (Wildman–Crippen MR) is 66.4 cm³/mol. The zero-order valence-corrected chi connectivity index (χ0v) is 11.2. The van der Waals surface area contributed by atoms with E-state index in [2.05, 4.69) is 10.1 Å². The van der Waals surface area contributed by atoms with Gasteiger partial charge in [0.15, 0.2) is 0 Å². The first-order chi connectivity index (χ1) is 7.45. The second-order valence-electron chi connectivity index (χ2n) is 3.93. The fourth-order valence-electron chi connectivity index (χ4n) is 1.12. The molecule has 1 atom stereocenters. The van der Waals surface area contributed by atoms with E-state index in [4.69, 9.17) is 0 Å². The number of hydrogen-bond acceptors (Lipinski definition) is 4. The molecule has 0 heterocycles. The summed E-state index contributed by atoms with van der Waals surface area (Å²) in [7, 11) is 1.38. The summed E-state index contributed by atoms with van der Waals surface area (Å²) in [5.41, 5.74) is 0. The molecule has 0 radical (unpaired) electrons. The molecule has 5 heteroatoms. The third kappa shape index (κ3) is 8.59. The minimum atomic E-state index is -0.202. The van der Waals surface area contributed by atoms with Gasteiger partial charge in [-0.15, -0.1) is 0 Å². The van der Waals surface area contributed by atoms with Crippen molar-refractivity contribution in [1.29, 1.82) is 0 Å². The zero-order chi connectivity index (χ0) is 12.6. The Balaban J connectivity index is 3.57. The maximum Gasteiger partial charge on any atom is 0.306 e. The van der Waals surface area contributed by atoms with E-state index in [0.29, 0.717) is 12.8 Å². The van der Waals surface area contributed by atoms with E-state index in [9.17, 15) is 9.59 Å². The van der Waals surface area contributed by atoms with E-state index in [-0.39, 0.29) is 23.2 Å². The van der Waals surface area contributed by atoms with Crippen LogP contribution in [0.3, 0.4) is 0 Å². The third-order valence-electron chi connectivity index (χ3n) is 1.86. The largest absolute Gasteiger partial charge is 0.469 e. The zero-order valence-electron chi connectivity index (χ0n) is 10.4. The van der Waals surface area contributed by atoms with Crippen molar-refractivity contribution < 1.29 is 14.3 Å². The molecule has 1 amide bonds. The van der Waals surface area contributed by atoms with Gasteiger partial charge in [-0.3, -0.25) is 9.59 Å². The smallest absolute Gasteiger partial charge is 0.306 e. The average molecular weight is 247 g/mol. The Morgan fingerprint density at radius 3 is 2.44 bits per heavy atom. The highest BCUT2D eigenvalue weighted by Gasteiger charge is 2.10. The first kappa shape index (κ1) is 15.3. The van der Waals surface area contributed by atoms with Crippen molar-refractivity contribution in [3.8, 4) is 0 Å². The minimum Gasteiger partial charge on any atom is -0.469 e. The summed E-state index contributed by atoms with van der Waals surface area (Å²) < 4.78 is 4.57. The lowest BCUT2D eigenvalue weighted by molar-refractivity contribution is -0.140. The fourth-order valence-corrected chi connectivity index (χ4v) is 2.08. The normalized spacial score (nSPS) is 12.3. The van der Waals surface area contributed by atoms with Crippen molar-refractivity contribution in [2.45, 2.75) is 44.9 Å². The first-order valence-electron chi connectivity index (χ1n) is 5.43. The van der Waals surface area contributed by atoms with E-state index < -0.39 is 0 Å². The van der Waals surface area contributed by atoms with Gasteiger partial charge in [0.05, 0.1) is 13.5 Å². The molecule has 1 unspecified atom stereocenters. The highest BCUT2D eigenvalue weighted by Crippen LogP contribution is 2.15. The van der Waals surface area contributed by atoms with Crippen LogP contribution in [0.4, 0.5) is 0 Å². The molecule has 1 N–H and O–H groups in total. The Labute approximate surface area is 101 Å². The van der Waals surface area contributed by atoms with Gasteiger partial charge in [-0.05, 0) is 13.8 Å². The van der Waals surface area contributed by atoms with Crippen molar-refractivity contribution in [3.63, 3.8) is 0 Å². The maximum atomic E-state index is 11.3. The van der Waals surface area contributed by atoms with Crippen molar-refractivity contribution in [2.75, 3.05) is 12.9 Å². The van der Waals surface area contributed by atoms with E-state index in [0.717, 1.165) is 5.75 Å². The molecule has 0 fully saturated rings. The van der Waals surface area contributed by atoms with Crippen LogP contribution in [0.25, 0.3) is 0 Å². The van der Waals surface area contributed by atoms with Gasteiger partial charge in [0.1, 0.15) is 0 Å². The molecule has 0 aliphatic heterocycles. The summed E-state index contributed by atoms with van der Waals surface area (Å²) >= 11 is 1.61. The van der Waals surface area contributed by atoms with Crippen molar-refractivity contribution in [1.82, 2.24) is 5.32 Å². The molecule has 0 aromatic heterocycles. The molecule has 0 saturated carbocycles. The van der Waals surface area contributed by atoms with Gasteiger partial charge in [0.2, 0.25) is 5.91 Å². The Morgan fingerprint density at radius 1 is 1.31 bits per heavy atom. The lowest BCUT2D eigenvalue weighted by atomic mass is 10.3. The fraction of sp³-hybridized carbons (Fsp3) is 0.818. The molecule has 0 spiro atoms. The Morgan fingerprint density at radius 2 is 1.94 bits per heavy atom. The van der Waals surface area contributed by atoms with Crippen LogP contribution in [0.1, 0.15) is 33.6 Å². The highest BCUT2D eigenvalue weighted by atomic mass is 32.2. The molecule has 94 valence electrons. The molecule has 0 aliphatic carbocycles. The minimum absolute atomic E-state index is 0.0627. The van der Waals surface area contributed by atoms with Crippen molar-refractivity contribution in [3.05, 3.63) is 0 Å². The molecular formula is C11H21NO3S. The van der Waals surface area contributed by atoms with Gasteiger partial charge < -0.3 is 10.1 Å². The highest BCUT2D eigenvalue weighted by molar-refractivity contribution is 7.99. The van der Waals surface area contributed by atoms with E-state index in [1.54, 1.807) is 11.8 Å². The lowest BCUT2D eigenvalue weighted by Crippen LogP contribution is -2.30. The number of carbonyl (C=O) groups is 2. The predicted octanol–water partition coefficient (Wildman–Crippen LogP) is 1.59. The van der Waals surface area contributed by atoms with Gasteiger partial charge in [0, 0.05) is 23.5 Å². The average Bonchev–Trinajstić information content (AvgIpc) is 2.16. The van der Waals surface area contributed by atoms with Crippen LogP contribution in [-0.2, 0) is 14.3 Å². The first-order valence-corrected chi connectivity index (χ1v) is 6.48. The van der Waals surface area contributed by atoms with Crippen LogP contribution >= 0.6 is 11.8 Å². The number of thioether (sulfide) groups is 1. The van der Waals surface area contributed by atoms with Gasteiger partial charge in [0.25, 0.3) is 0 Å². The third-order valence-corrected chi connectivity index (χ3v) is 3.04. The number of ether oxygens (including phenoxy) is 1. The second kappa shape index (κ2) is 8.44. The van der Waals surface area contributed by atoms with Gasteiger partial charge in [-0.1, -0.05) is 6.92 Å². The van der Waals surface area contributed by atoms with Gasteiger partial charge >= 0.3 is 5.97 Å². The molecule has 0 bridgehead atoms. The summed E-state index contributed by atoms with van der Waals surface area (Å²) in [6.45, 7) is 5.83. The second-order valence-corrected chi connectivity index (χ2v) is 5.48. The molecule has 0 aromatic rings. The number of esters is 1. The van der Waals surface area contributed by atoms with Crippen LogP contribution in [0.5, 0.6) is 0 Å². The number of carbonyl (C=O) groups excluding carboxylic acids is 2. The number of hydrogen-bond donors (Lipinski definition) is 1. The van der Waals surface area contributed by atoms with E-state index in [1.165, 1.54) is 7.11 Å². The molecule has 0 aliphatic rings. The number of amides is 1. The summed E-state index contributed by atoms with van der Waals surface area (Å²) in [6.07, 6.45) is 0.890. The molecule has 4 nitrogen and oxygen atoms in total. The summed E-state index contributed by atoms with van der Waals surface area (Å²) in [5, 5.41) is 3.02. The van der Waals surface area contributed by atoms with Gasteiger partial charge in [-0.25, -0.2) is 0 Å². The van der Waals surface area contributed by atoms with Crippen molar-refractivity contribution >= 4 is 23.6 Å². The van der Waals surface area contributed by atoms with Crippen LogP contribution in [0, 0.1) is 0 Å². The Kier molecular flexibility index (Phi) is 8.07. The van der Waals surface area contributed by atoms with Crippen LogP contribution < -0.4 is 5.32 Å². The summed E-state index contributed by atoms with van der Waals surface area (Å²) in [6, 6.07) is 0.185. The number of nitrogens with one attached hydrogen (secondary N) is 1. The number of rotatable bonds is 7. The Bertz CT molecular complexity index is 231. The SMILES string of the molecule is COC(=O)CC(C)SCCC(=O)NC(C)C. The quantitative estimate of drug-likeness (QED) is 0.694. The van der Waals surface area contributed by atoms with E-state index in [1.807, 2.05) is 20.8 Å². The van der Waals surface area contributed by atoms with E-state index >= 15 is 0 Å². The topological polar surface area (TPSA) is 55.4 Å². The van der Waals surface area contributed by atoms with Crippen LogP contribution in [-0.4, -0.2) is 36.0 Å². The molecule has 16 heavy (non-hydrogen) atoms. The molecule has 0 saturated heterocycles. The van der Waals surface area contributed by atoms with Crippen LogP contribution in [0.2, 0.25) is 0 Å². The van der Waals surface area contributed by atoms with Crippen molar-refractivity contribution in [2.24, 2.45) is 0 Å².